The number of piperidine rings is 1. The summed E-state index contributed by atoms with van der Waals surface area (Å²) >= 11 is 0. The highest BCUT2D eigenvalue weighted by Crippen LogP contribution is 2.31. The number of pyridine rings is 2. The molecule has 1 aliphatic heterocycles. The van der Waals surface area contributed by atoms with Gasteiger partial charge in [-0.1, -0.05) is 11.6 Å². The number of allylic oxidation sites excluding steroid dienone is 1. The molecule has 27 heavy (non-hydrogen) atoms. The van der Waals surface area contributed by atoms with Gasteiger partial charge in [0.1, 0.15) is 5.82 Å². The Morgan fingerprint density at radius 2 is 1.67 bits per heavy atom. The summed E-state index contributed by atoms with van der Waals surface area (Å²) in [6.07, 6.45) is 10.9. The second-order valence-electron chi connectivity index (χ2n) is 6.79. The van der Waals surface area contributed by atoms with Gasteiger partial charge in [0, 0.05) is 37.2 Å². The molecule has 0 spiro atoms. The zero-order chi connectivity index (χ0) is 18.5. The van der Waals surface area contributed by atoms with Crippen LogP contribution in [0.25, 0.3) is 11.3 Å². The number of nitrogens with zero attached hydrogens (tertiary/aromatic N) is 3. The SMILES string of the molecule is Fc1ccc(-c2ncccc2N2CCC(=CCc3ccncc3)CC2)cc1. The molecular formula is C23H22FN3. The molecule has 3 heterocycles. The van der Waals surface area contributed by atoms with Crippen molar-refractivity contribution in [2.75, 3.05) is 18.0 Å². The first-order valence-corrected chi connectivity index (χ1v) is 9.32. The number of benzene rings is 1. The van der Waals surface area contributed by atoms with Crippen molar-refractivity contribution in [3.63, 3.8) is 0 Å². The normalized spacial score (nSPS) is 14.3. The third-order valence-electron chi connectivity index (χ3n) is 5.03. The molecule has 0 unspecified atom stereocenters. The molecule has 0 saturated carbocycles. The average molecular weight is 359 g/mol. The number of rotatable bonds is 4. The van der Waals surface area contributed by atoms with Gasteiger partial charge in [-0.05, 0) is 73.4 Å². The molecule has 4 heteroatoms. The molecule has 4 rings (SSSR count). The summed E-state index contributed by atoms with van der Waals surface area (Å²) in [5, 5.41) is 0. The number of hydrogen-bond donors (Lipinski definition) is 0. The lowest BCUT2D eigenvalue weighted by Gasteiger charge is -2.31. The van der Waals surface area contributed by atoms with E-state index in [9.17, 15) is 4.39 Å². The maximum Gasteiger partial charge on any atom is 0.123 e. The number of hydrogen-bond acceptors (Lipinski definition) is 3. The van der Waals surface area contributed by atoms with Crippen molar-refractivity contribution in [2.45, 2.75) is 19.3 Å². The zero-order valence-electron chi connectivity index (χ0n) is 15.2. The minimum Gasteiger partial charge on any atom is -0.369 e. The summed E-state index contributed by atoms with van der Waals surface area (Å²) in [4.78, 5) is 11.0. The van der Waals surface area contributed by atoms with Crippen molar-refractivity contribution in [1.29, 1.82) is 0 Å². The average Bonchev–Trinajstić information content (AvgIpc) is 2.74. The Kier molecular flexibility index (Phi) is 5.24. The Hall–Kier alpha value is -3.01. The maximum atomic E-state index is 13.3. The standard InChI is InChI=1S/C23H22FN3/c24-21-7-5-20(6-8-21)23-22(2-1-13-26-23)27-16-11-19(12-17-27)4-3-18-9-14-25-15-10-18/h1-2,4-10,13-15H,3,11-12,16-17H2. The maximum absolute atomic E-state index is 13.3. The van der Waals surface area contributed by atoms with Crippen LogP contribution in [-0.4, -0.2) is 23.1 Å². The van der Waals surface area contributed by atoms with E-state index in [1.807, 2.05) is 18.5 Å². The van der Waals surface area contributed by atoms with Gasteiger partial charge in [0.2, 0.25) is 0 Å². The van der Waals surface area contributed by atoms with Crippen LogP contribution >= 0.6 is 0 Å². The summed E-state index contributed by atoms with van der Waals surface area (Å²) in [5.74, 6) is -0.224. The van der Waals surface area contributed by atoms with Crippen LogP contribution in [0.5, 0.6) is 0 Å². The first-order chi connectivity index (χ1) is 13.3. The molecule has 1 fully saturated rings. The Bertz CT molecular complexity index is 910. The highest BCUT2D eigenvalue weighted by Gasteiger charge is 2.18. The molecule has 1 saturated heterocycles. The number of halogens is 1. The lowest BCUT2D eigenvalue weighted by molar-refractivity contribution is 0.628. The van der Waals surface area contributed by atoms with Gasteiger partial charge in [-0.25, -0.2) is 4.39 Å². The van der Waals surface area contributed by atoms with E-state index in [0.29, 0.717) is 0 Å². The fourth-order valence-corrected chi connectivity index (χ4v) is 3.50. The summed E-state index contributed by atoms with van der Waals surface area (Å²) in [6.45, 7) is 1.95. The Balaban J connectivity index is 1.46. The molecule has 136 valence electrons. The van der Waals surface area contributed by atoms with Crippen LogP contribution in [0.1, 0.15) is 18.4 Å². The Labute approximate surface area is 159 Å². The summed E-state index contributed by atoms with van der Waals surface area (Å²) in [7, 11) is 0. The third-order valence-corrected chi connectivity index (χ3v) is 5.03. The van der Waals surface area contributed by atoms with Crippen molar-refractivity contribution in [3.05, 3.63) is 90.2 Å². The second kappa shape index (κ2) is 8.12. The van der Waals surface area contributed by atoms with Gasteiger partial charge >= 0.3 is 0 Å². The minimum absolute atomic E-state index is 0.224. The second-order valence-corrected chi connectivity index (χ2v) is 6.79. The van der Waals surface area contributed by atoms with E-state index in [2.05, 4.69) is 39.1 Å². The van der Waals surface area contributed by atoms with E-state index < -0.39 is 0 Å². The van der Waals surface area contributed by atoms with Crippen LogP contribution in [0.15, 0.2) is 78.8 Å². The fraction of sp³-hybridized carbons (Fsp3) is 0.217. The van der Waals surface area contributed by atoms with Gasteiger partial charge in [0.15, 0.2) is 0 Å². The van der Waals surface area contributed by atoms with Gasteiger partial charge in [0.05, 0.1) is 11.4 Å². The highest BCUT2D eigenvalue weighted by molar-refractivity contribution is 5.75. The van der Waals surface area contributed by atoms with Crippen molar-refractivity contribution < 1.29 is 4.39 Å². The topological polar surface area (TPSA) is 29.0 Å². The van der Waals surface area contributed by atoms with Crippen LogP contribution in [0.2, 0.25) is 0 Å². The van der Waals surface area contributed by atoms with Gasteiger partial charge in [-0.15, -0.1) is 0 Å². The number of anilines is 1. The first kappa shape index (κ1) is 17.4. The van der Waals surface area contributed by atoms with E-state index >= 15 is 0 Å². The summed E-state index contributed by atoms with van der Waals surface area (Å²) in [6, 6.07) is 14.8. The van der Waals surface area contributed by atoms with E-state index in [4.69, 9.17) is 0 Å². The number of aromatic nitrogens is 2. The highest BCUT2D eigenvalue weighted by atomic mass is 19.1. The molecule has 0 atom stereocenters. The quantitative estimate of drug-likeness (QED) is 0.610. The van der Waals surface area contributed by atoms with E-state index in [0.717, 1.165) is 49.3 Å². The van der Waals surface area contributed by atoms with Crippen LogP contribution < -0.4 is 4.90 Å². The molecule has 1 aliphatic rings. The van der Waals surface area contributed by atoms with Crippen molar-refractivity contribution in [1.82, 2.24) is 9.97 Å². The van der Waals surface area contributed by atoms with Crippen molar-refractivity contribution >= 4 is 5.69 Å². The molecule has 0 aliphatic carbocycles. The molecule has 2 aromatic heterocycles. The predicted molar refractivity (Wildman–Crippen MR) is 107 cm³/mol. The monoisotopic (exact) mass is 359 g/mol. The largest absolute Gasteiger partial charge is 0.369 e. The molecule has 3 aromatic rings. The van der Waals surface area contributed by atoms with Gasteiger partial charge in [0.25, 0.3) is 0 Å². The lowest BCUT2D eigenvalue weighted by atomic mass is 10.00. The smallest absolute Gasteiger partial charge is 0.123 e. The molecule has 3 nitrogen and oxygen atoms in total. The molecule has 0 bridgehead atoms. The minimum atomic E-state index is -0.224. The molecule has 0 N–H and O–H groups in total. The molecular weight excluding hydrogens is 337 g/mol. The molecule has 0 amide bonds. The van der Waals surface area contributed by atoms with Crippen LogP contribution in [0.3, 0.4) is 0 Å². The zero-order valence-corrected chi connectivity index (χ0v) is 15.2. The Morgan fingerprint density at radius 3 is 2.41 bits per heavy atom. The van der Waals surface area contributed by atoms with E-state index in [1.54, 1.807) is 18.3 Å². The van der Waals surface area contributed by atoms with Gasteiger partial charge in [-0.2, -0.15) is 0 Å². The van der Waals surface area contributed by atoms with Crippen LogP contribution in [0.4, 0.5) is 10.1 Å². The lowest BCUT2D eigenvalue weighted by Crippen LogP contribution is -2.31. The van der Waals surface area contributed by atoms with Crippen LogP contribution in [0, 0.1) is 5.82 Å². The van der Waals surface area contributed by atoms with Crippen LogP contribution in [-0.2, 0) is 6.42 Å². The van der Waals surface area contributed by atoms with E-state index in [-0.39, 0.29) is 5.82 Å². The summed E-state index contributed by atoms with van der Waals surface area (Å²) < 4.78 is 13.3. The fourth-order valence-electron chi connectivity index (χ4n) is 3.50. The van der Waals surface area contributed by atoms with Gasteiger partial charge < -0.3 is 4.90 Å². The first-order valence-electron chi connectivity index (χ1n) is 9.32. The molecule has 0 radical (unpaired) electrons. The summed E-state index contributed by atoms with van der Waals surface area (Å²) in [5.41, 5.74) is 5.80. The molecule has 1 aromatic carbocycles. The van der Waals surface area contributed by atoms with E-state index in [1.165, 1.54) is 23.3 Å². The Morgan fingerprint density at radius 1 is 0.926 bits per heavy atom. The van der Waals surface area contributed by atoms with Crippen molar-refractivity contribution in [3.8, 4) is 11.3 Å². The van der Waals surface area contributed by atoms with Gasteiger partial charge in [-0.3, -0.25) is 9.97 Å². The van der Waals surface area contributed by atoms with Crippen molar-refractivity contribution in [2.24, 2.45) is 0 Å². The predicted octanol–water partition coefficient (Wildman–Crippen LogP) is 5.05. The third kappa shape index (κ3) is 4.22.